The van der Waals surface area contributed by atoms with Gasteiger partial charge in [-0.15, -0.1) is 0 Å². The standard InChI is InChI=1S/C39H78N6O3/c1-29(10-4-19-44-21-9-22-45-20-5-15-40)32-11-12-33-37-34(28-36(39(32,33)3)48-25-8-18-43)38(2)14-13-31(46-23-6-16-41)26-30(38)27-35(37)47-24-7-17-42/h29-37,44-45H,4-28,40-43H2,1-3H3/t29-,30?,31-,32-,33+,34+,35-,36+,37?,38+,39?/m1/s1. The molecule has 4 aliphatic carbocycles. The fourth-order valence-electron chi connectivity index (χ4n) is 11.2. The highest BCUT2D eigenvalue weighted by Crippen LogP contribution is 2.69. The van der Waals surface area contributed by atoms with Crippen molar-refractivity contribution in [2.75, 3.05) is 72.2 Å². The molecule has 4 fully saturated rings. The minimum atomic E-state index is 0.166. The van der Waals surface area contributed by atoms with E-state index in [1.165, 1.54) is 51.4 Å². The summed E-state index contributed by atoms with van der Waals surface area (Å²) in [5.74, 6) is 3.83. The molecular weight excluding hydrogens is 600 g/mol. The van der Waals surface area contributed by atoms with E-state index in [-0.39, 0.29) is 11.5 Å². The second-order valence-electron chi connectivity index (χ2n) is 16.6. The van der Waals surface area contributed by atoms with Crippen LogP contribution in [0.25, 0.3) is 0 Å². The van der Waals surface area contributed by atoms with E-state index in [1.807, 2.05) is 0 Å². The van der Waals surface area contributed by atoms with Crippen molar-refractivity contribution in [2.45, 2.75) is 129 Å². The Morgan fingerprint density at radius 1 is 0.667 bits per heavy atom. The van der Waals surface area contributed by atoms with Gasteiger partial charge in [0.1, 0.15) is 0 Å². The van der Waals surface area contributed by atoms with E-state index in [2.05, 4.69) is 31.4 Å². The van der Waals surface area contributed by atoms with Crippen molar-refractivity contribution in [2.24, 2.45) is 69.3 Å². The van der Waals surface area contributed by atoms with Gasteiger partial charge in [-0.3, -0.25) is 0 Å². The van der Waals surface area contributed by atoms with Crippen LogP contribution in [0.3, 0.4) is 0 Å². The maximum absolute atomic E-state index is 7.02. The first-order valence-electron chi connectivity index (χ1n) is 20.4. The smallest absolute Gasteiger partial charge is 0.0637 e. The Kier molecular flexibility index (Phi) is 17.4. The van der Waals surface area contributed by atoms with Crippen molar-refractivity contribution in [3.05, 3.63) is 0 Å². The molecule has 0 heterocycles. The van der Waals surface area contributed by atoms with Crippen molar-refractivity contribution < 1.29 is 14.2 Å². The summed E-state index contributed by atoms with van der Waals surface area (Å²) < 4.78 is 20.3. The van der Waals surface area contributed by atoms with Crippen molar-refractivity contribution in [1.82, 2.24) is 10.6 Å². The largest absolute Gasteiger partial charge is 0.378 e. The van der Waals surface area contributed by atoms with E-state index < -0.39 is 0 Å². The van der Waals surface area contributed by atoms with E-state index in [0.717, 1.165) is 91.1 Å². The molecule has 11 atom stereocenters. The van der Waals surface area contributed by atoms with E-state index in [4.69, 9.17) is 37.1 Å². The number of nitrogens with one attached hydrogen (secondary N) is 2. The van der Waals surface area contributed by atoms with Gasteiger partial charge in [-0.2, -0.15) is 0 Å². The Labute approximate surface area is 294 Å². The SMILES string of the molecule is C[C@H](CCCNCCCNCCCN)[C@H]1CC[C@H]2C3[C@H](OCCCN)CC4C[C@H](OCCCN)CC[C@]4(C)[C@H]3C[C@H](OCCCN)C12C. The van der Waals surface area contributed by atoms with Crippen LogP contribution in [0.2, 0.25) is 0 Å². The fraction of sp³-hybridized carbons (Fsp3) is 1.00. The van der Waals surface area contributed by atoms with Crippen LogP contribution in [0.4, 0.5) is 0 Å². The second kappa shape index (κ2) is 20.6. The normalized spacial score (nSPS) is 36.8. The van der Waals surface area contributed by atoms with E-state index in [9.17, 15) is 0 Å². The molecule has 0 bridgehead atoms. The summed E-state index contributed by atoms with van der Waals surface area (Å²) in [5.41, 5.74) is 23.8. The molecule has 48 heavy (non-hydrogen) atoms. The van der Waals surface area contributed by atoms with Gasteiger partial charge in [-0.1, -0.05) is 20.8 Å². The van der Waals surface area contributed by atoms with E-state index in [1.54, 1.807) is 0 Å². The molecule has 10 N–H and O–H groups in total. The molecule has 0 amide bonds. The maximum Gasteiger partial charge on any atom is 0.0637 e. The number of ether oxygens (including phenoxy) is 3. The van der Waals surface area contributed by atoms with Gasteiger partial charge in [0.25, 0.3) is 0 Å². The van der Waals surface area contributed by atoms with Gasteiger partial charge in [0, 0.05) is 25.2 Å². The van der Waals surface area contributed by atoms with Crippen LogP contribution >= 0.6 is 0 Å². The van der Waals surface area contributed by atoms with Crippen molar-refractivity contribution >= 4 is 0 Å². The molecule has 0 saturated heterocycles. The molecule has 9 nitrogen and oxygen atoms in total. The zero-order valence-electron chi connectivity index (χ0n) is 31.4. The van der Waals surface area contributed by atoms with Gasteiger partial charge in [-0.25, -0.2) is 0 Å². The highest BCUT2D eigenvalue weighted by molar-refractivity contribution is 5.15. The first kappa shape index (κ1) is 40.4. The third-order valence-corrected chi connectivity index (χ3v) is 13.8. The molecule has 0 aromatic heterocycles. The monoisotopic (exact) mass is 679 g/mol. The lowest BCUT2D eigenvalue weighted by Gasteiger charge is -2.65. The fourth-order valence-corrected chi connectivity index (χ4v) is 11.2. The average Bonchev–Trinajstić information content (AvgIpc) is 3.44. The van der Waals surface area contributed by atoms with Crippen LogP contribution < -0.4 is 33.6 Å². The lowest BCUT2D eigenvalue weighted by atomic mass is 9.43. The van der Waals surface area contributed by atoms with Gasteiger partial charge >= 0.3 is 0 Å². The van der Waals surface area contributed by atoms with Crippen LogP contribution in [-0.2, 0) is 14.2 Å². The summed E-state index contributed by atoms with van der Waals surface area (Å²) >= 11 is 0. The topological polar surface area (TPSA) is 156 Å². The van der Waals surface area contributed by atoms with Crippen LogP contribution in [0, 0.1) is 46.3 Å². The Morgan fingerprint density at radius 2 is 1.29 bits per heavy atom. The lowest BCUT2D eigenvalue weighted by Crippen LogP contribution is -2.63. The highest BCUT2D eigenvalue weighted by Gasteiger charge is 2.66. The molecule has 0 aliphatic heterocycles. The van der Waals surface area contributed by atoms with E-state index in [0.29, 0.717) is 72.8 Å². The average molecular weight is 679 g/mol. The van der Waals surface area contributed by atoms with Crippen molar-refractivity contribution in [1.29, 1.82) is 0 Å². The molecule has 0 aromatic carbocycles. The predicted molar refractivity (Wildman–Crippen MR) is 199 cm³/mol. The van der Waals surface area contributed by atoms with Crippen molar-refractivity contribution in [3.63, 3.8) is 0 Å². The van der Waals surface area contributed by atoms with Crippen LogP contribution in [0.5, 0.6) is 0 Å². The Hall–Kier alpha value is -0.360. The van der Waals surface area contributed by atoms with Gasteiger partial charge in [0.2, 0.25) is 0 Å². The Balaban J connectivity index is 1.46. The minimum absolute atomic E-state index is 0.166. The van der Waals surface area contributed by atoms with Gasteiger partial charge in [0.15, 0.2) is 0 Å². The number of fused-ring (bicyclic) bond motifs is 5. The third-order valence-electron chi connectivity index (χ3n) is 13.8. The zero-order valence-corrected chi connectivity index (χ0v) is 31.4. The van der Waals surface area contributed by atoms with Crippen LogP contribution in [0.1, 0.15) is 111 Å². The molecule has 4 saturated carbocycles. The highest BCUT2D eigenvalue weighted by atomic mass is 16.5. The minimum Gasteiger partial charge on any atom is -0.378 e. The van der Waals surface area contributed by atoms with Crippen molar-refractivity contribution in [3.8, 4) is 0 Å². The first-order chi connectivity index (χ1) is 23.3. The summed E-state index contributed by atoms with van der Waals surface area (Å²) in [6, 6.07) is 0. The summed E-state index contributed by atoms with van der Waals surface area (Å²) in [7, 11) is 0. The zero-order chi connectivity index (χ0) is 34.4. The van der Waals surface area contributed by atoms with Crippen LogP contribution in [-0.4, -0.2) is 90.5 Å². The Bertz CT molecular complexity index is 885. The predicted octanol–water partition coefficient (Wildman–Crippen LogP) is 4.40. The quantitative estimate of drug-likeness (QED) is 0.0815. The molecule has 0 spiro atoms. The number of rotatable bonds is 24. The first-order valence-corrected chi connectivity index (χ1v) is 20.4. The summed E-state index contributed by atoms with van der Waals surface area (Å²) in [6.45, 7) is 17.3. The Morgan fingerprint density at radius 3 is 1.98 bits per heavy atom. The molecule has 3 unspecified atom stereocenters. The number of hydrogen-bond donors (Lipinski definition) is 6. The van der Waals surface area contributed by atoms with Crippen LogP contribution in [0.15, 0.2) is 0 Å². The van der Waals surface area contributed by atoms with Gasteiger partial charge < -0.3 is 47.8 Å². The molecular formula is C39H78N6O3. The summed E-state index contributed by atoms with van der Waals surface area (Å²) in [6.07, 6.45) is 17.0. The number of nitrogens with two attached hydrogens (primary N) is 4. The van der Waals surface area contributed by atoms with E-state index >= 15 is 0 Å². The molecule has 282 valence electrons. The van der Waals surface area contributed by atoms with Gasteiger partial charge in [-0.05, 0) is 183 Å². The molecule has 4 aliphatic rings. The second-order valence-corrected chi connectivity index (χ2v) is 16.6. The molecule has 0 radical (unpaired) electrons. The maximum atomic E-state index is 7.02. The molecule has 4 rings (SSSR count). The third kappa shape index (κ3) is 9.94. The number of hydrogen-bond acceptors (Lipinski definition) is 9. The molecule has 0 aromatic rings. The molecule has 9 heteroatoms. The summed E-state index contributed by atoms with van der Waals surface area (Å²) in [5, 5.41) is 7.19. The van der Waals surface area contributed by atoms with Gasteiger partial charge in [0.05, 0.1) is 18.3 Å². The summed E-state index contributed by atoms with van der Waals surface area (Å²) in [4.78, 5) is 0. The lowest BCUT2D eigenvalue weighted by molar-refractivity contribution is -0.227.